The van der Waals surface area contributed by atoms with E-state index in [4.69, 9.17) is 0 Å². The van der Waals surface area contributed by atoms with Gasteiger partial charge in [-0.2, -0.15) is 5.10 Å². The monoisotopic (exact) mass is 341 g/mol. The minimum absolute atomic E-state index is 0.167. The van der Waals surface area contributed by atoms with Crippen LogP contribution in [0, 0.1) is 18.6 Å². The minimum Gasteiger partial charge on any atom is -0.317 e. The van der Waals surface area contributed by atoms with Crippen molar-refractivity contribution in [3.63, 3.8) is 0 Å². The fraction of sp³-hybridized carbons (Fsp3) is 0.350. The molecule has 25 heavy (non-hydrogen) atoms. The molecular weight excluding hydrogens is 320 g/mol. The molecule has 0 spiro atoms. The molecule has 0 unspecified atom stereocenters. The summed E-state index contributed by atoms with van der Waals surface area (Å²) in [6.45, 7) is 5.92. The van der Waals surface area contributed by atoms with E-state index in [0.29, 0.717) is 5.69 Å². The Hall–Kier alpha value is -2.27. The number of nitrogens with one attached hydrogen (secondary N) is 1. The van der Waals surface area contributed by atoms with Crippen LogP contribution in [0.1, 0.15) is 30.9 Å². The smallest absolute Gasteiger partial charge is 0.161 e. The number of nitrogens with zero attached hydrogens (tertiary/aromatic N) is 2. The molecule has 1 aliphatic rings. The third-order valence-electron chi connectivity index (χ3n) is 5.41. The van der Waals surface area contributed by atoms with E-state index >= 15 is 0 Å². The van der Waals surface area contributed by atoms with Gasteiger partial charge < -0.3 is 5.32 Å². The lowest BCUT2D eigenvalue weighted by atomic mass is 9.75. The summed E-state index contributed by atoms with van der Waals surface area (Å²) in [6.07, 6.45) is 4.00. The van der Waals surface area contributed by atoms with Gasteiger partial charge in [-0.15, -0.1) is 0 Å². The standard InChI is InChI=1S/C20H21F2N3/c1-13-9-16(11-17(21)19(13)22)25-18-4-3-15(10-14(18)12-24-25)20(2)5-7-23-8-6-20/h3-4,9-12,23H,5-8H2,1-2H3. The van der Waals surface area contributed by atoms with Gasteiger partial charge in [-0.25, -0.2) is 13.5 Å². The number of hydrogen-bond acceptors (Lipinski definition) is 2. The molecule has 0 saturated carbocycles. The van der Waals surface area contributed by atoms with Crippen molar-refractivity contribution in [2.45, 2.75) is 32.1 Å². The van der Waals surface area contributed by atoms with E-state index in [-0.39, 0.29) is 11.0 Å². The average Bonchev–Trinajstić information content (AvgIpc) is 3.03. The van der Waals surface area contributed by atoms with Gasteiger partial charge in [0.1, 0.15) is 0 Å². The van der Waals surface area contributed by atoms with Gasteiger partial charge in [-0.05, 0) is 67.6 Å². The summed E-state index contributed by atoms with van der Waals surface area (Å²) in [5.74, 6) is -1.65. The maximum Gasteiger partial charge on any atom is 0.161 e. The van der Waals surface area contributed by atoms with Crippen molar-refractivity contribution < 1.29 is 8.78 Å². The van der Waals surface area contributed by atoms with Crippen molar-refractivity contribution in [1.82, 2.24) is 15.1 Å². The maximum atomic E-state index is 13.8. The van der Waals surface area contributed by atoms with E-state index in [9.17, 15) is 8.78 Å². The van der Waals surface area contributed by atoms with E-state index in [1.54, 1.807) is 23.9 Å². The summed E-state index contributed by atoms with van der Waals surface area (Å²) in [5.41, 5.74) is 3.18. The Kier molecular flexibility index (Phi) is 3.84. The SMILES string of the molecule is Cc1cc(-n2ncc3cc(C4(C)CCNCC4)ccc32)cc(F)c1F. The van der Waals surface area contributed by atoms with Crippen LogP contribution in [-0.4, -0.2) is 22.9 Å². The molecular formula is C20H21F2N3. The van der Waals surface area contributed by atoms with Crippen molar-refractivity contribution >= 4 is 10.9 Å². The Bertz CT molecular complexity index is 916. The van der Waals surface area contributed by atoms with E-state index < -0.39 is 11.6 Å². The lowest BCUT2D eigenvalue weighted by Crippen LogP contribution is -2.37. The predicted octanol–water partition coefficient (Wildman–Crippen LogP) is 4.25. The van der Waals surface area contributed by atoms with Crippen LogP contribution < -0.4 is 5.32 Å². The third-order valence-corrected chi connectivity index (χ3v) is 5.41. The molecule has 3 nitrogen and oxygen atoms in total. The molecule has 130 valence electrons. The first kappa shape index (κ1) is 16.2. The van der Waals surface area contributed by atoms with Gasteiger partial charge in [0.05, 0.1) is 17.4 Å². The Balaban J connectivity index is 1.78. The fourth-order valence-electron chi connectivity index (χ4n) is 3.71. The highest BCUT2D eigenvalue weighted by Crippen LogP contribution is 2.34. The molecule has 0 aliphatic carbocycles. The molecule has 0 amide bonds. The zero-order valence-electron chi connectivity index (χ0n) is 14.4. The molecule has 1 fully saturated rings. The van der Waals surface area contributed by atoms with Crippen LogP contribution in [-0.2, 0) is 5.41 Å². The summed E-state index contributed by atoms with van der Waals surface area (Å²) in [5, 5.41) is 8.82. The molecule has 1 aromatic heterocycles. The van der Waals surface area contributed by atoms with Crippen molar-refractivity contribution in [1.29, 1.82) is 0 Å². The summed E-state index contributed by atoms with van der Waals surface area (Å²) in [6, 6.07) is 9.15. The van der Waals surface area contributed by atoms with Crippen LogP contribution in [0.4, 0.5) is 8.78 Å². The van der Waals surface area contributed by atoms with Crippen LogP contribution in [0.15, 0.2) is 36.5 Å². The fourth-order valence-corrected chi connectivity index (χ4v) is 3.71. The molecule has 1 saturated heterocycles. The predicted molar refractivity (Wildman–Crippen MR) is 95.2 cm³/mol. The first-order chi connectivity index (χ1) is 12.0. The quantitative estimate of drug-likeness (QED) is 0.755. The van der Waals surface area contributed by atoms with Gasteiger partial charge in [0, 0.05) is 11.5 Å². The van der Waals surface area contributed by atoms with Crippen LogP contribution in [0.25, 0.3) is 16.6 Å². The topological polar surface area (TPSA) is 29.9 Å². The third kappa shape index (κ3) is 2.72. The summed E-state index contributed by atoms with van der Waals surface area (Å²) < 4.78 is 29.0. The molecule has 0 atom stereocenters. The zero-order chi connectivity index (χ0) is 17.6. The molecule has 0 bridgehead atoms. The second kappa shape index (κ2) is 5.92. The van der Waals surface area contributed by atoms with Gasteiger partial charge >= 0.3 is 0 Å². The number of fused-ring (bicyclic) bond motifs is 1. The largest absolute Gasteiger partial charge is 0.317 e. The number of halogens is 2. The van der Waals surface area contributed by atoms with Crippen LogP contribution in [0.3, 0.4) is 0 Å². The van der Waals surface area contributed by atoms with Gasteiger partial charge in [0.25, 0.3) is 0 Å². The van der Waals surface area contributed by atoms with Crippen LogP contribution >= 0.6 is 0 Å². The first-order valence-electron chi connectivity index (χ1n) is 8.63. The molecule has 3 aromatic rings. The zero-order valence-corrected chi connectivity index (χ0v) is 14.4. The number of benzene rings is 2. The van der Waals surface area contributed by atoms with Crippen LogP contribution in [0.5, 0.6) is 0 Å². The normalized spacial score (nSPS) is 17.1. The van der Waals surface area contributed by atoms with Crippen molar-refractivity contribution in [3.8, 4) is 5.69 Å². The molecule has 4 rings (SSSR count). The second-order valence-corrected chi connectivity index (χ2v) is 7.20. The highest BCUT2D eigenvalue weighted by molar-refractivity contribution is 5.81. The van der Waals surface area contributed by atoms with Crippen molar-refractivity contribution in [2.24, 2.45) is 0 Å². The maximum absolute atomic E-state index is 13.8. The minimum atomic E-state index is -0.850. The number of aryl methyl sites for hydroxylation is 1. The summed E-state index contributed by atoms with van der Waals surface area (Å²) >= 11 is 0. The van der Waals surface area contributed by atoms with E-state index in [2.05, 4.69) is 29.5 Å². The molecule has 0 radical (unpaired) electrons. The first-order valence-corrected chi connectivity index (χ1v) is 8.63. The molecule has 5 heteroatoms. The van der Waals surface area contributed by atoms with Crippen molar-refractivity contribution in [3.05, 3.63) is 59.3 Å². The Morgan fingerprint density at radius 2 is 1.88 bits per heavy atom. The number of aromatic nitrogens is 2. The van der Waals surface area contributed by atoms with E-state index in [1.165, 1.54) is 11.6 Å². The molecule has 2 aromatic carbocycles. The van der Waals surface area contributed by atoms with Crippen LogP contribution in [0.2, 0.25) is 0 Å². The summed E-state index contributed by atoms with van der Waals surface area (Å²) in [4.78, 5) is 0. The van der Waals surface area contributed by atoms with Gasteiger partial charge in [-0.1, -0.05) is 13.0 Å². The highest BCUT2D eigenvalue weighted by Gasteiger charge is 2.29. The number of rotatable bonds is 2. The van der Waals surface area contributed by atoms with E-state index in [0.717, 1.165) is 36.8 Å². The number of piperidine rings is 1. The summed E-state index contributed by atoms with van der Waals surface area (Å²) in [7, 11) is 0. The lowest BCUT2D eigenvalue weighted by Gasteiger charge is -2.34. The molecule has 1 aliphatic heterocycles. The van der Waals surface area contributed by atoms with Gasteiger partial charge in [0.15, 0.2) is 11.6 Å². The number of hydrogen-bond donors (Lipinski definition) is 1. The van der Waals surface area contributed by atoms with E-state index in [1.807, 2.05) is 6.07 Å². The Morgan fingerprint density at radius 1 is 1.12 bits per heavy atom. The highest BCUT2D eigenvalue weighted by atomic mass is 19.2. The Morgan fingerprint density at radius 3 is 2.60 bits per heavy atom. The lowest BCUT2D eigenvalue weighted by molar-refractivity contribution is 0.335. The van der Waals surface area contributed by atoms with Gasteiger partial charge in [-0.3, -0.25) is 0 Å². The van der Waals surface area contributed by atoms with Gasteiger partial charge in [0.2, 0.25) is 0 Å². The molecule has 1 N–H and O–H groups in total. The average molecular weight is 341 g/mol. The molecule has 2 heterocycles. The van der Waals surface area contributed by atoms with Crippen molar-refractivity contribution in [2.75, 3.05) is 13.1 Å². The Labute approximate surface area is 145 Å². The second-order valence-electron chi connectivity index (χ2n) is 7.20.